The number of aromatic nitrogens is 1. The van der Waals surface area contributed by atoms with Gasteiger partial charge in [0.25, 0.3) is 0 Å². The molecule has 0 fully saturated rings. The van der Waals surface area contributed by atoms with Gasteiger partial charge in [0, 0.05) is 17.5 Å². The topological polar surface area (TPSA) is 15.8 Å². The van der Waals surface area contributed by atoms with Gasteiger partial charge in [-0.3, -0.25) is 0 Å². The summed E-state index contributed by atoms with van der Waals surface area (Å²) in [6, 6.07) is 5.13. The van der Waals surface area contributed by atoms with E-state index < -0.39 is 12.6 Å². The van der Waals surface area contributed by atoms with Gasteiger partial charge in [-0.1, -0.05) is 13.8 Å². The Labute approximate surface area is 98.0 Å². The van der Waals surface area contributed by atoms with E-state index in [-0.39, 0.29) is 0 Å². The van der Waals surface area contributed by atoms with E-state index in [0.717, 1.165) is 16.8 Å². The van der Waals surface area contributed by atoms with Crippen LogP contribution in [-0.2, 0) is 6.42 Å². The van der Waals surface area contributed by atoms with Gasteiger partial charge >= 0.3 is 6.18 Å². The maximum Gasteiger partial charge on any atom is 0.393 e. The molecular weight excluding hydrogens is 227 g/mol. The van der Waals surface area contributed by atoms with Crippen LogP contribution in [0.15, 0.2) is 24.4 Å². The molecule has 0 spiro atoms. The third-order valence-electron chi connectivity index (χ3n) is 2.79. The summed E-state index contributed by atoms with van der Waals surface area (Å²) >= 11 is 0. The normalized spacial score (nSPS) is 12.6. The third kappa shape index (κ3) is 2.62. The second-order valence-electron chi connectivity index (χ2n) is 4.57. The second-order valence-corrected chi connectivity index (χ2v) is 4.57. The third-order valence-corrected chi connectivity index (χ3v) is 2.79. The molecule has 1 heterocycles. The van der Waals surface area contributed by atoms with Crippen LogP contribution in [-0.4, -0.2) is 11.2 Å². The largest absolute Gasteiger partial charge is 0.393 e. The molecule has 2 aliphatic rings. The summed E-state index contributed by atoms with van der Waals surface area (Å²) in [6.07, 6.45) is -3.25. The number of pyridine rings is 1. The molecule has 1 aliphatic carbocycles. The smallest absolute Gasteiger partial charge is 0.361 e. The number of fused-ring (bicyclic) bond motifs is 1. The van der Waals surface area contributed by atoms with Crippen LogP contribution in [0.4, 0.5) is 13.2 Å². The van der Waals surface area contributed by atoms with Gasteiger partial charge in [-0.05, 0) is 35.2 Å². The van der Waals surface area contributed by atoms with Crippen molar-refractivity contribution in [2.24, 2.45) is 0 Å². The van der Waals surface area contributed by atoms with Gasteiger partial charge in [0.1, 0.15) is 0 Å². The highest BCUT2D eigenvalue weighted by Crippen LogP contribution is 2.34. The molecule has 4 heteroatoms. The first-order valence-electron chi connectivity index (χ1n) is 5.53. The van der Waals surface area contributed by atoms with Crippen LogP contribution in [0.25, 0.3) is 11.3 Å². The van der Waals surface area contributed by atoms with E-state index >= 15 is 0 Å². The maximum absolute atomic E-state index is 12.3. The summed E-state index contributed by atoms with van der Waals surface area (Å²) in [5, 5.41) is 0. The molecule has 1 N–H and O–H groups in total. The van der Waals surface area contributed by atoms with E-state index in [0.29, 0.717) is 11.5 Å². The van der Waals surface area contributed by atoms with Crippen molar-refractivity contribution in [2.75, 3.05) is 0 Å². The fourth-order valence-corrected chi connectivity index (χ4v) is 2.07. The lowest BCUT2D eigenvalue weighted by atomic mass is 9.98. The minimum atomic E-state index is -4.15. The molecule has 2 rings (SSSR count). The van der Waals surface area contributed by atoms with Gasteiger partial charge < -0.3 is 4.98 Å². The van der Waals surface area contributed by atoms with Gasteiger partial charge in [0.15, 0.2) is 0 Å². The van der Waals surface area contributed by atoms with E-state index in [9.17, 15) is 13.2 Å². The molecule has 0 bridgehead atoms. The molecule has 0 unspecified atom stereocenters. The van der Waals surface area contributed by atoms with E-state index in [1.54, 1.807) is 18.3 Å². The van der Waals surface area contributed by atoms with Crippen molar-refractivity contribution in [2.45, 2.75) is 32.4 Å². The van der Waals surface area contributed by atoms with Crippen molar-refractivity contribution in [1.82, 2.24) is 4.98 Å². The van der Waals surface area contributed by atoms with Crippen LogP contribution >= 0.6 is 0 Å². The van der Waals surface area contributed by atoms with Crippen LogP contribution in [0.5, 0.6) is 0 Å². The predicted molar refractivity (Wildman–Crippen MR) is 61.3 cm³/mol. The van der Waals surface area contributed by atoms with Crippen molar-refractivity contribution in [3.63, 3.8) is 0 Å². The zero-order valence-corrected chi connectivity index (χ0v) is 9.73. The number of H-pyrrole nitrogens is 1. The summed E-state index contributed by atoms with van der Waals surface area (Å²) in [5.41, 5.74) is 3.06. The first-order chi connectivity index (χ1) is 7.87. The molecule has 0 aromatic rings. The highest BCUT2D eigenvalue weighted by Gasteiger charge is 2.29. The Morgan fingerprint density at radius 1 is 1.24 bits per heavy atom. The fourth-order valence-electron chi connectivity index (χ4n) is 2.07. The van der Waals surface area contributed by atoms with Gasteiger partial charge in [-0.15, -0.1) is 0 Å². The first kappa shape index (κ1) is 12.0. The molecule has 0 aromatic heterocycles. The van der Waals surface area contributed by atoms with Crippen molar-refractivity contribution in [3.05, 3.63) is 35.5 Å². The molecule has 0 saturated heterocycles. The minimum absolute atomic E-state index is 0.299. The van der Waals surface area contributed by atoms with Crippen molar-refractivity contribution < 1.29 is 13.2 Å². The molecule has 0 aromatic carbocycles. The van der Waals surface area contributed by atoms with E-state index in [2.05, 4.69) is 4.98 Å². The number of nitrogens with one attached hydrogen (secondary N) is 1. The van der Waals surface area contributed by atoms with Crippen LogP contribution in [0.3, 0.4) is 0 Å². The Bertz CT molecular complexity index is 482. The molecule has 17 heavy (non-hydrogen) atoms. The van der Waals surface area contributed by atoms with E-state index in [4.69, 9.17) is 0 Å². The summed E-state index contributed by atoms with van der Waals surface area (Å²) in [6.45, 7) is 4.07. The van der Waals surface area contributed by atoms with E-state index in [1.165, 1.54) is 0 Å². The summed E-state index contributed by atoms with van der Waals surface area (Å²) in [5.74, 6) is 0.299. The maximum atomic E-state index is 12.3. The highest BCUT2D eigenvalue weighted by atomic mass is 19.4. The zero-order chi connectivity index (χ0) is 12.6. The molecule has 0 amide bonds. The Morgan fingerprint density at radius 3 is 2.53 bits per heavy atom. The Kier molecular flexibility index (Phi) is 2.89. The monoisotopic (exact) mass is 241 g/mol. The standard InChI is InChI=1S/C13H14F3N/c1-8(2)10-3-4-17-12-6-9(5-11(10)12)7-13(14,15)16/h3-6,8,17H,7H2,1-2H3. The Hall–Kier alpha value is -1.45. The summed E-state index contributed by atoms with van der Waals surface area (Å²) < 4.78 is 37.0. The van der Waals surface area contributed by atoms with Crippen LogP contribution in [0.2, 0.25) is 0 Å². The van der Waals surface area contributed by atoms with Crippen LogP contribution in [0, 0.1) is 0 Å². The molecule has 1 nitrogen and oxygen atoms in total. The van der Waals surface area contributed by atoms with Crippen molar-refractivity contribution in [1.29, 1.82) is 0 Å². The van der Waals surface area contributed by atoms with Gasteiger partial charge in [0.2, 0.25) is 0 Å². The van der Waals surface area contributed by atoms with Gasteiger partial charge in [0.05, 0.1) is 6.42 Å². The summed E-state index contributed by atoms with van der Waals surface area (Å²) in [7, 11) is 0. The SMILES string of the molecule is CC(C)c1cc[nH]c2cc(CC(F)(F)F)cc1-2. The van der Waals surface area contributed by atoms with Gasteiger partial charge in [-0.2, -0.15) is 13.2 Å². The number of hydrogen-bond acceptors (Lipinski definition) is 0. The fraction of sp³-hybridized carbons (Fsp3) is 0.385. The number of alkyl halides is 3. The lowest BCUT2D eigenvalue weighted by molar-refractivity contribution is -0.127. The number of halogens is 3. The average Bonchev–Trinajstić information content (AvgIpc) is 2.55. The van der Waals surface area contributed by atoms with Crippen LogP contribution in [0.1, 0.15) is 30.9 Å². The molecule has 0 saturated carbocycles. The molecule has 0 atom stereocenters. The molecular formula is C13H14F3N. The average molecular weight is 241 g/mol. The van der Waals surface area contributed by atoms with E-state index in [1.807, 2.05) is 19.9 Å². The van der Waals surface area contributed by atoms with Gasteiger partial charge in [-0.25, -0.2) is 0 Å². The lowest BCUT2D eigenvalue weighted by Crippen LogP contribution is -2.10. The molecule has 92 valence electrons. The minimum Gasteiger partial charge on any atom is -0.361 e. The quantitative estimate of drug-likeness (QED) is 0.804. The molecule has 1 aliphatic heterocycles. The summed E-state index contributed by atoms with van der Waals surface area (Å²) in [4.78, 5) is 2.98. The Balaban J connectivity index is 2.43. The Morgan fingerprint density at radius 2 is 1.94 bits per heavy atom. The van der Waals surface area contributed by atoms with Crippen LogP contribution < -0.4 is 0 Å². The second kappa shape index (κ2) is 4.09. The first-order valence-corrected chi connectivity index (χ1v) is 5.53. The van der Waals surface area contributed by atoms with Crippen molar-refractivity contribution in [3.8, 4) is 11.3 Å². The number of rotatable bonds is 2. The highest BCUT2D eigenvalue weighted by molar-refractivity contribution is 5.69. The number of aromatic amines is 1. The van der Waals surface area contributed by atoms with Crippen molar-refractivity contribution >= 4 is 0 Å². The number of hydrogen-bond donors (Lipinski definition) is 1. The zero-order valence-electron chi connectivity index (χ0n) is 9.73. The lowest BCUT2D eigenvalue weighted by Gasteiger charge is -2.10. The predicted octanol–water partition coefficient (Wildman–Crippen LogP) is 4.35. The molecule has 0 radical (unpaired) electrons.